The van der Waals surface area contributed by atoms with Gasteiger partial charge in [-0.05, 0) is 49.2 Å². The molecule has 0 aliphatic carbocycles. The number of rotatable bonds is 12. The van der Waals surface area contributed by atoms with Crippen molar-refractivity contribution >= 4 is 45.0 Å². The first-order valence-corrected chi connectivity index (χ1v) is 13.5. The predicted octanol–water partition coefficient (Wildman–Crippen LogP) is 6.94. The van der Waals surface area contributed by atoms with Crippen LogP contribution in [0.4, 0.5) is 11.4 Å². The average molecular weight is 563 g/mol. The molecule has 0 aliphatic heterocycles. The number of aromatic hydroxyl groups is 2. The number of nitrogens with zero attached hydrogens (tertiary/aromatic N) is 6. The maximum absolute atomic E-state index is 12.5. The Bertz CT molecular complexity index is 1510. The Labute approximate surface area is 236 Å². The fourth-order valence-corrected chi connectivity index (χ4v) is 4.55. The van der Waals surface area contributed by atoms with Crippen molar-refractivity contribution in [1.82, 2.24) is 9.13 Å². The van der Waals surface area contributed by atoms with E-state index >= 15 is 0 Å². The van der Waals surface area contributed by atoms with Gasteiger partial charge in [0.15, 0.2) is 11.4 Å². The lowest BCUT2D eigenvalue weighted by atomic mass is 10.2. The molecule has 0 unspecified atom stereocenters. The minimum absolute atomic E-state index is 0.108. The van der Waals surface area contributed by atoms with Crippen LogP contribution in [0, 0.1) is 0 Å². The molecule has 2 aromatic heterocycles. The van der Waals surface area contributed by atoms with Gasteiger partial charge in [-0.2, -0.15) is 0 Å². The molecule has 2 amide bonds. The average Bonchev–Trinajstić information content (AvgIpc) is 3.39. The minimum Gasteiger partial charge on any atom is -0.497 e. The molecule has 216 valence electrons. The minimum atomic E-state index is -0.859. The Balaban J connectivity index is 1.55. The van der Waals surface area contributed by atoms with Crippen LogP contribution in [0.5, 0.6) is 23.3 Å². The number of azo groups is 2. The lowest BCUT2D eigenvalue weighted by Crippen LogP contribution is -2.01. The normalized spacial score (nSPS) is 11.8. The van der Waals surface area contributed by atoms with Crippen LogP contribution in [0.15, 0.2) is 56.9 Å². The summed E-state index contributed by atoms with van der Waals surface area (Å²) in [6.45, 7) is 5.20. The smallest absolute Gasteiger partial charge is 0.274 e. The van der Waals surface area contributed by atoms with Gasteiger partial charge in [-0.3, -0.25) is 9.59 Å². The summed E-state index contributed by atoms with van der Waals surface area (Å²) in [6, 6.07) is 10.6. The highest BCUT2D eigenvalue weighted by atomic mass is 16.5. The van der Waals surface area contributed by atoms with E-state index in [-0.39, 0.29) is 23.1 Å². The van der Waals surface area contributed by atoms with E-state index in [1.807, 2.05) is 13.8 Å². The van der Waals surface area contributed by atoms with Crippen molar-refractivity contribution < 1.29 is 29.3 Å². The molecule has 0 bridgehead atoms. The molecule has 4 aromatic rings. The van der Waals surface area contributed by atoms with Crippen LogP contribution < -0.4 is 9.47 Å². The number of hydrogen-bond acceptors (Lipinski definition) is 8. The maximum Gasteiger partial charge on any atom is 0.274 e. The molecule has 0 atom stereocenters. The van der Waals surface area contributed by atoms with E-state index in [1.54, 1.807) is 45.5 Å². The van der Waals surface area contributed by atoms with Crippen LogP contribution in [0.3, 0.4) is 0 Å². The summed E-state index contributed by atoms with van der Waals surface area (Å²) < 4.78 is 14.0. The number of benzene rings is 2. The van der Waals surface area contributed by atoms with E-state index in [0.717, 1.165) is 36.7 Å². The zero-order valence-electron chi connectivity index (χ0n) is 23.6. The van der Waals surface area contributed by atoms with Gasteiger partial charge in [0.05, 0.1) is 25.3 Å². The van der Waals surface area contributed by atoms with E-state index in [1.165, 1.54) is 14.2 Å². The Morgan fingerprint density at radius 2 is 1.15 bits per heavy atom. The third-order valence-electron chi connectivity index (χ3n) is 6.73. The van der Waals surface area contributed by atoms with Crippen molar-refractivity contribution in [2.24, 2.45) is 20.5 Å². The summed E-state index contributed by atoms with van der Waals surface area (Å²) in [7, 11) is 3.05. The van der Waals surface area contributed by atoms with Crippen LogP contribution in [0.1, 0.15) is 46.0 Å². The van der Waals surface area contributed by atoms with E-state index in [9.17, 15) is 19.8 Å². The molecule has 0 radical (unpaired) electrons. The number of unbranched alkanes of at least 4 members (excludes halogenated alkanes) is 2. The number of ether oxygens (including phenoxy) is 2. The van der Waals surface area contributed by atoms with Gasteiger partial charge in [0, 0.05) is 23.9 Å². The van der Waals surface area contributed by atoms with E-state index < -0.39 is 18.2 Å². The molecule has 4 rings (SSSR count). The van der Waals surface area contributed by atoms with Crippen LogP contribution in [-0.2, 0) is 22.7 Å². The zero-order chi connectivity index (χ0) is 29.5. The molecule has 41 heavy (non-hydrogen) atoms. The highest BCUT2D eigenvalue weighted by Crippen LogP contribution is 2.42. The molecule has 0 fully saturated rings. The first kappa shape index (κ1) is 29.2. The molecule has 2 heterocycles. The van der Waals surface area contributed by atoms with Gasteiger partial charge in [-0.1, -0.05) is 26.7 Å². The molecule has 12 heteroatoms. The van der Waals surface area contributed by atoms with Crippen molar-refractivity contribution in [2.75, 3.05) is 14.2 Å². The Morgan fingerprint density at radius 1 is 0.732 bits per heavy atom. The van der Waals surface area contributed by atoms with E-state index in [0.29, 0.717) is 35.4 Å². The van der Waals surface area contributed by atoms with Crippen LogP contribution in [0.25, 0.3) is 21.8 Å². The molecular formula is C29H34N6O6. The second kappa shape index (κ2) is 13.1. The Morgan fingerprint density at radius 3 is 1.51 bits per heavy atom. The largest absolute Gasteiger partial charge is 0.497 e. The summed E-state index contributed by atoms with van der Waals surface area (Å²) in [6.07, 6.45) is 2.82. The third kappa shape index (κ3) is 6.21. The number of methoxy groups -OCH3 is 2. The monoisotopic (exact) mass is 562 g/mol. The van der Waals surface area contributed by atoms with Crippen molar-refractivity contribution in [2.45, 2.75) is 59.0 Å². The highest BCUT2D eigenvalue weighted by molar-refractivity contribution is 6.00. The number of fused-ring (bicyclic) bond motifs is 2. The third-order valence-corrected chi connectivity index (χ3v) is 6.73. The van der Waals surface area contributed by atoms with Gasteiger partial charge < -0.3 is 28.8 Å². The van der Waals surface area contributed by atoms with E-state index in [2.05, 4.69) is 20.5 Å². The Hall–Kier alpha value is -4.74. The molecular weight excluding hydrogens is 528 g/mol. The molecule has 0 saturated carbocycles. The summed E-state index contributed by atoms with van der Waals surface area (Å²) in [5.41, 5.74) is 1.66. The number of amides is 2. The maximum atomic E-state index is 12.5. The van der Waals surface area contributed by atoms with Crippen molar-refractivity contribution in [1.29, 1.82) is 0 Å². The molecule has 0 aliphatic rings. The van der Waals surface area contributed by atoms with Crippen LogP contribution >= 0.6 is 0 Å². The molecule has 2 N–H and O–H groups in total. The number of carbonyl (C=O) groups excluding carboxylic acids is 2. The number of carbonyl (C=O) groups is 2. The topological polar surface area (TPSA) is 152 Å². The summed E-state index contributed by atoms with van der Waals surface area (Å²) in [4.78, 5) is 25.0. The second-order valence-corrected chi connectivity index (χ2v) is 9.49. The van der Waals surface area contributed by atoms with Gasteiger partial charge in [-0.15, -0.1) is 20.5 Å². The summed E-state index contributed by atoms with van der Waals surface area (Å²) >= 11 is 0. The number of aromatic nitrogens is 2. The van der Waals surface area contributed by atoms with Gasteiger partial charge in [0.1, 0.15) is 17.9 Å². The highest BCUT2D eigenvalue weighted by Gasteiger charge is 2.20. The first-order valence-electron chi connectivity index (χ1n) is 13.5. The fraction of sp³-hybridized carbons (Fsp3) is 0.379. The Kier molecular flexibility index (Phi) is 9.33. The molecule has 12 nitrogen and oxygen atoms in total. The standard InChI is InChI=1S/C29H34N6O6/c1-5-7-13-34-22-11-9-18(40-3)15-20(22)26(28(34)38)32-30-24(36)17-25(37)31-33-27-21-16-19(41-4)10-12-23(21)35(29(27)39)14-8-6-2/h9-12,15-16,38-39H,5-8,13-14,17H2,1-4H3. The van der Waals surface area contributed by atoms with Gasteiger partial charge >= 0.3 is 0 Å². The summed E-state index contributed by atoms with van der Waals surface area (Å²) in [5.74, 6) is -0.867. The SMILES string of the molecule is CCCCn1c(O)c(N=NC(=O)CC(=O)N=Nc2c(O)n(CCCC)c3ccc(OC)cc23)c2cc(OC)ccc21. The van der Waals surface area contributed by atoms with Crippen molar-refractivity contribution in [3.63, 3.8) is 0 Å². The first-order chi connectivity index (χ1) is 19.8. The second-order valence-electron chi connectivity index (χ2n) is 9.49. The van der Waals surface area contributed by atoms with Crippen LogP contribution in [-0.4, -0.2) is 45.4 Å². The van der Waals surface area contributed by atoms with Gasteiger partial charge in [-0.25, -0.2) is 0 Å². The molecule has 0 saturated heterocycles. The van der Waals surface area contributed by atoms with Crippen molar-refractivity contribution in [3.8, 4) is 23.3 Å². The lowest BCUT2D eigenvalue weighted by molar-refractivity contribution is -0.126. The molecule has 2 aromatic carbocycles. The predicted molar refractivity (Wildman–Crippen MR) is 154 cm³/mol. The van der Waals surface area contributed by atoms with Gasteiger partial charge in [0.25, 0.3) is 11.8 Å². The lowest BCUT2D eigenvalue weighted by Gasteiger charge is -2.05. The molecule has 0 spiro atoms. The quantitative estimate of drug-likeness (QED) is 0.141. The fourth-order valence-electron chi connectivity index (χ4n) is 4.55. The van der Waals surface area contributed by atoms with Gasteiger partial charge in [0.2, 0.25) is 11.8 Å². The zero-order valence-corrected chi connectivity index (χ0v) is 23.6. The number of hydrogen-bond donors (Lipinski definition) is 2. The van der Waals surface area contributed by atoms with Crippen molar-refractivity contribution in [3.05, 3.63) is 36.4 Å². The summed E-state index contributed by atoms with van der Waals surface area (Å²) in [5, 5.41) is 38.1. The van der Waals surface area contributed by atoms with Crippen LogP contribution in [0.2, 0.25) is 0 Å². The van der Waals surface area contributed by atoms with E-state index in [4.69, 9.17) is 9.47 Å². The number of aryl methyl sites for hydroxylation is 2.